The topological polar surface area (TPSA) is 96.2 Å². The predicted octanol–water partition coefficient (Wildman–Crippen LogP) is -1.23. The van der Waals surface area contributed by atoms with Crippen molar-refractivity contribution in [2.75, 3.05) is 6.61 Å². The summed E-state index contributed by atoms with van der Waals surface area (Å²) in [6.07, 6.45) is -3.78. The average Bonchev–Trinajstić information content (AvgIpc) is 2.22. The van der Waals surface area contributed by atoms with Crippen LogP contribution in [0.4, 0.5) is 0 Å². The van der Waals surface area contributed by atoms with Crippen LogP contribution in [0.15, 0.2) is 0 Å². The minimum absolute atomic E-state index is 0.0173. The molecule has 4 unspecified atom stereocenters. The molecule has 1 saturated heterocycles. The standard InChI is InChI=1S/C9H16O6/c1-2-7(12)15-8-3-5(11)9(13)6(4-10)14-8/h5-6,8-11,13H,2-4H2,1H3. The zero-order valence-corrected chi connectivity index (χ0v) is 8.50. The van der Waals surface area contributed by atoms with Crippen LogP contribution in [-0.4, -0.2) is 52.5 Å². The normalized spacial score (nSPS) is 36.3. The van der Waals surface area contributed by atoms with Crippen LogP contribution in [0.3, 0.4) is 0 Å². The number of hydrogen-bond donors (Lipinski definition) is 3. The van der Waals surface area contributed by atoms with Crippen LogP contribution in [-0.2, 0) is 14.3 Å². The summed E-state index contributed by atoms with van der Waals surface area (Å²) >= 11 is 0. The number of aliphatic hydroxyl groups excluding tert-OH is 3. The van der Waals surface area contributed by atoms with Gasteiger partial charge < -0.3 is 24.8 Å². The van der Waals surface area contributed by atoms with Gasteiger partial charge in [0, 0.05) is 12.8 Å². The maximum atomic E-state index is 11.0. The average molecular weight is 220 g/mol. The first-order valence-corrected chi connectivity index (χ1v) is 4.90. The summed E-state index contributed by atoms with van der Waals surface area (Å²) < 4.78 is 9.94. The molecule has 0 spiro atoms. The summed E-state index contributed by atoms with van der Waals surface area (Å²) in [6.45, 7) is 1.21. The number of ether oxygens (including phenoxy) is 2. The van der Waals surface area contributed by atoms with Crippen LogP contribution in [0.25, 0.3) is 0 Å². The van der Waals surface area contributed by atoms with Crippen LogP contribution in [0, 0.1) is 0 Å². The summed E-state index contributed by atoms with van der Waals surface area (Å²) in [6, 6.07) is 0. The van der Waals surface area contributed by atoms with Crippen LogP contribution >= 0.6 is 0 Å². The van der Waals surface area contributed by atoms with E-state index in [1.165, 1.54) is 0 Å². The van der Waals surface area contributed by atoms with Crippen molar-refractivity contribution in [1.82, 2.24) is 0 Å². The lowest BCUT2D eigenvalue weighted by atomic mass is 10.0. The summed E-state index contributed by atoms with van der Waals surface area (Å²) in [7, 11) is 0. The Labute approximate surface area is 87.4 Å². The van der Waals surface area contributed by atoms with Crippen molar-refractivity contribution in [3.8, 4) is 0 Å². The molecule has 15 heavy (non-hydrogen) atoms. The molecule has 0 aromatic carbocycles. The van der Waals surface area contributed by atoms with E-state index < -0.39 is 37.2 Å². The van der Waals surface area contributed by atoms with Gasteiger partial charge in [0.15, 0.2) is 0 Å². The molecular weight excluding hydrogens is 204 g/mol. The Balaban J connectivity index is 2.51. The molecule has 4 atom stereocenters. The van der Waals surface area contributed by atoms with Gasteiger partial charge in [-0.25, -0.2) is 0 Å². The molecule has 88 valence electrons. The Morgan fingerprint density at radius 3 is 2.73 bits per heavy atom. The van der Waals surface area contributed by atoms with Crippen molar-refractivity contribution >= 4 is 5.97 Å². The Morgan fingerprint density at radius 2 is 2.20 bits per heavy atom. The van der Waals surface area contributed by atoms with Gasteiger partial charge in [-0.05, 0) is 0 Å². The Kier molecular flexibility index (Phi) is 4.46. The quantitative estimate of drug-likeness (QED) is 0.515. The fraction of sp³-hybridized carbons (Fsp3) is 0.889. The molecule has 0 aromatic rings. The van der Waals surface area contributed by atoms with Gasteiger partial charge >= 0.3 is 5.97 Å². The van der Waals surface area contributed by atoms with Crippen LogP contribution < -0.4 is 0 Å². The maximum Gasteiger partial charge on any atom is 0.307 e. The molecule has 1 heterocycles. The summed E-state index contributed by atoms with van der Waals surface area (Å²) in [5.41, 5.74) is 0. The van der Waals surface area contributed by atoms with Gasteiger partial charge in [-0.15, -0.1) is 0 Å². The number of hydrogen-bond acceptors (Lipinski definition) is 6. The maximum absolute atomic E-state index is 11.0. The molecule has 6 nitrogen and oxygen atoms in total. The van der Waals surface area contributed by atoms with Crippen LogP contribution in [0.1, 0.15) is 19.8 Å². The molecule has 3 N–H and O–H groups in total. The van der Waals surface area contributed by atoms with Crippen LogP contribution in [0.5, 0.6) is 0 Å². The lowest BCUT2D eigenvalue weighted by Gasteiger charge is -2.35. The van der Waals surface area contributed by atoms with E-state index in [9.17, 15) is 15.0 Å². The molecule has 0 saturated carbocycles. The van der Waals surface area contributed by atoms with Crippen molar-refractivity contribution in [1.29, 1.82) is 0 Å². The van der Waals surface area contributed by atoms with E-state index in [0.29, 0.717) is 0 Å². The zero-order valence-electron chi connectivity index (χ0n) is 8.50. The molecule has 1 fully saturated rings. The molecule has 0 aliphatic carbocycles. The molecule has 1 rings (SSSR count). The third-order valence-electron chi connectivity index (χ3n) is 2.27. The van der Waals surface area contributed by atoms with E-state index in [1.807, 2.05) is 0 Å². The Bertz CT molecular complexity index is 219. The van der Waals surface area contributed by atoms with Crippen molar-refractivity contribution in [3.05, 3.63) is 0 Å². The minimum Gasteiger partial charge on any atom is -0.436 e. The first kappa shape index (κ1) is 12.4. The number of carbonyl (C=O) groups excluding carboxylic acids is 1. The fourth-order valence-electron chi connectivity index (χ4n) is 1.37. The van der Waals surface area contributed by atoms with Crippen molar-refractivity contribution in [2.45, 2.75) is 44.4 Å². The third-order valence-corrected chi connectivity index (χ3v) is 2.27. The highest BCUT2D eigenvalue weighted by Gasteiger charge is 2.37. The van der Waals surface area contributed by atoms with Crippen molar-refractivity contribution in [2.24, 2.45) is 0 Å². The molecule has 0 bridgehead atoms. The van der Waals surface area contributed by atoms with Gasteiger partial charge in [0.25, 0.3) is 0 Å². The van der Waals surface area contributed by atoms with Gasteiger partial charge in [0.05, 0.1) is 12.7 Å². The number of rotatable bonds is 3. The van der Waals surface area contributed by atoms with Gasteiger partial charge in [-0.2, -0.15) is 0 Å². The van der Waals surface area contributed by atoms with Gasteiger partial charge in [-0.3, -0.25) is 4.79 Å². The largest absolute Gasteiger partial charge is 0.436 e. The van der Waals surface area contributed by atoms with Gasteiger partial charge in [0.1, 0.15) is 12.2 Å². The Hall–Kier alpha value is -0.690. The highest BCUT2D eigenvalue weighted by molar-refractivity contribution is 5.68. The van der Waals surface area contributed by atoms with E-state index in [-0.39, 0.29) is 12.8 Å². The monoisotopic (exact) mass is 220 g/mol. The van der Waals surface area contributed by atoms with E-state index in [0.717, 1.165) is 0 Å². The van der Waals surface area contributed by atoms with E-state index in [4.69, 9.17) is 14.6 Å². The zero-order chi connectivity index (χ0) is 11.4. The van der Waals surface area contributed by atoms with Crippen molar-refractivity contribution < 1.29 is 29.6 Å². The third kappa shape index (κ3) is 3.13. The highest BCUT2D eigenvalue weighted by atomic mass is 16.7. The molecule has 6 heteroatoms. The second-order valence-electron chi connectivity index (χ2n) is 3.42. The van der Waals surface area contributed by atoms with E-state index >= 15 is 0 Å². The van der Waals surface area contributed by atoms with Crippen LogP contribution in [0.2, 0.25) is 0 Å². The molecule has 0 amide bonds. The number of esters is 1. The van der Waals surface area contributed by atoms with E-state index in [2.05, 4.69) is 0 Å². The van der Waals surface area contributed by atoms with Gasteiger partial charge in [-0.1, -0.05) is 6.92 Å². The summed E-state index contributed by atoms with van der Waals surface area (Å²) in [5, 5.41) is 27.6. The first-order valence-electron chi connectivity index (χ1n) is 4.90. The Morgan fingerprint density at radius 1 is 1.53 bits per heavy atom. The molecular formula is C9H16O6. The molecule has 0 radical (unpaired) electrons. The molecule has 0 aromatic heterocycles. The second-order valence-corrected chi connectivity index (χ2v) is 3.42. The molecule has 1 aliphatic heterocycles. The van der Waals surface area contributed by atoms with Crippen molar-refractivity contribution in [3.63, 3.8) is 0 Å². The second kappa shape index (κ2) is 5.41. The smallest absolute Gasteiger partial charge is 0.307 e. The first-order chi connectivity index (χ1) is 7.08. The summed E-state index contributed by atoms with van der Waals surface area (Å²) in [4.78, 5) is 11.0. The lowest BCUT2D eigenvalue weighted by Crippen LogP contribution is -2.50. The highest BCUT2D eigenvalue weighted by Crippen LogP contribution is 2.21. The number of carbonyl (C=O) groups is 1. The predicted molar refractivity (Wildman–Crippen MR) is 48.8 cm³/mol. The van der Waals surface area contributed by atoms with E-state index in [1.54, 1.807) is 6.92 Å². The van der Waals surface area contributed by atoms with Gasteiger partial charge in [0.2, 0.25) is 6.29 Å². The lowest BCUT2D eigenvalue weighted by molar-refractivity contribution is -0.251. The molecule has 1 aliphatic rings. The number of aliphatic hydroxyl groups is 3. The fourth-order valence-corrected chi connectivity index (χ4v) is 1.37. The summed E-state index contributed by atoms with van der Waals surface area (Å²) in [5.74, 6) is -0.444. The SMILES string of the molecule is CCC(=O)OC1CC(O)C(O)C(CO)O1. The minimum atomic E-state index is -1.15.